The summed E-state index contributed by atoms with van der Waals surface area (Å²) in [5, 5.41) is 13.1. The molecule has 1 aromatic carbocycles. The van der Waals surface area contributed by atoms with E-state index < -0.39 is 0 Å². The third-order valence-corrected chi connectivity index (χ3v) is 4.46. The number of aromatic amines is 1. The summed E-state index contributed by atoms with van der Waals surface area (Å²) in [6.07, 6.45) is 3.90. The molecule has 1 saturated heterocycles. The van der Waals surface area contributed by atoms with Crippen molar-refractivity contribution in [2.24, 2.45) is 5.92 Å². The summed E-state index contributed by atoms with van der Waals surface area (Å²) in [7, 11) is 0. The average Bonchev–Trinajstić information content (AvgIpc) is 3.25. The Labute approximate surface area is 128 Å². The van der Waals surface area contributed by atoms with Crippen LogP contribution in [0, 0.1) is 5.92 Å². The third-order valence-electron chi connectivity index (χ3n) is 4.46. The highest BCUT2D eigenvalue weighted by Gasteiger charge is 2.39. The number of H-pyrrole nitrogens is 1. The lowest BCUT2D eigenvalue weighted by atomic mass is 10.1. The maximum atomic E-state index is 12.3. The van der Waals surface area contributed by atoms with Crippen LogP contribution >= 0.6 is 0 Å². The lowest BCUT2D eigenvalue weighted by molar-refractivity contribution is 0.0928. The standard InChI is InChI=1S/C16H18N4O2/c21-16(19-14-8-10-7-13(14)17-9-10)11-1-3-12(4-2-11)22-15-5-6-18-20-15/h1-6,10,13-14,17H,7-9H2,(H,18,20)(H,19,21). The van der Waals surface area contributed by atoms with Crippen molar-refractivity contribution >= 4 is 5.91 Å². The van der Waals surface area contributed by atoms with Crippen LogP contribution in [0.1, 0.15) is 23.2 Å². The van der Waals surface area contributed by atoms with E-state index in [0.717, 1.165) is 18.9 Å². The number of nitrogens with one attached hydrogen (secondary N) is 3. The molecule has 1 aliphatic heterocycles. The van der Waals surface area contributed by atoms with Gasteiger partial charge >= 0.3 is 0 Å². The number of carbonyl (C=O) groups excluding carboxylic acids is 1. The predicted molar refractivity (Wildman–Crippen MR) is 80.9 cm³/mol. The van der Waals surface area contributed by atoms with Gasteiger partial charge in [0.15, 0.2) is 0 Å². The van der Waals surface area contributed by atoms with Gasteiger partial charge in [-0.2, -0.15) is 5.10 Å². The van der Waals surface area contributed by atoms with Gasteiger partial charge in [-0.1, -0.05) is 0 Å². The molecule has 2 bridgehead atoms. The Kier molecular flexibility index (Phi) is 3.31. The Morgan fingerprint density at radius 2 is 2.09 bits per heavy atom. The van der Waals surface area contributed by atoms with E-state index in [9.17, 15) is 4.79 Å². The van der Waals surface area contributed by atoms with Gasteiger partial charge < -0.3 is 15.4 Å². The van der Waals surface area contributed by atoms with E-state index in [1.54, 1.807) is 36.5 Å². The summed E-state index contributed by atoms with van der Waals surface area (Å²) < 4.78 is 5.57. The fourth-order valence-electron chi connectivity index (χ4n) is 3.37. The van der Waals surface area contributed by atoms with E-state index in [1.807, 2.05) is 0 Å². The van der Waals surface area contributed by atoms with Gasteiger partial charge in [0.1, 0.15) is 5.75 Å². The van der Waals surface area contributed by atoms with Crippen LogP contribution in [0.25, 0.3) is 0 Å². The zero-order valence-electron chi connectivity index (χ0n) is 12.1. The number of piperidine rings is 1. The minimum Gasteiger partial charge on any atom is -0.440 e. The molecule has 6 nitrogen and oxygen atoms in total. The van der Waals surface area contributed by atoms with Gasteiger partial charge in [-0.3, -0.25) is 4.79 Å². The SMILES string of the molecule is O=C(NC1CC2CNC1C2)c1ccc(Oc2ccn[nH]2)cc1. The Balaban J connectivity index is 1.38. The van der Waals surface area contributed by atoms with Crippen LogP contribution in [-0.2, 0) is 0 Å². The van der Waals surface area contributed by atoms with Crippen LogP contribution in [0.3, 0.4) is 0 Å². The molecule has 2 aromatic rings. The van der Waals surface area contributed by atoms with Crippen LogP contribution in [0.15, 0.2) is 36.5 Å². The number of fused-ring (bicyclic) bond motifs is 2. The van der Waals surface area contributed by atoms with Gasteiger partial charge in [-0.15, -0.1) is 0 Å². The molecule has 0 radical (unpaired) electrons. The topological polar surface area (TPSA) is 79.0 Å². The average molecular weight is 298 g/mol. The van der Waals surface area contributed by atoms with Gasteiger partial charge in [0.2, 0.25) is 5.88 Å². The molecular formula is C16H18N4O2. The second kappa shape index (κ2) is 5.46. The molecule has 3 unspecified atom stereocenters. The molecule has 2 heterocycles. The first kappa shape index (κ1) is 13.3. The highest BCUT2D eigenvalue weighted by molar-refractivity contribution is 5.94. The van der Waals surface area contributed by atoms with E-state index in [0.29, 0.717) is 23.2 Å². The summed E-state index contributed by atoms with van der Waals surface area (Å²) in [6.45, 7) is 1.09. The minimum atomic E-state index is -0.0209. The van der Waals surface area contributed by atoms with E-state index in [2.05, 4.69) is 20.8 Å². The van der Waals surface area contributed by atoms with Crippen molar-refractivity contribution in [1.29, 1.82) is 0 Å². The van der Waals surface area contributed by atoms with Gasteiger partial charge in [-0.25, -0.2) is 5.10 Å². The monoisotopic (exact) mass is 298 g/mol. The molecule has 4 rings (SSSR count). The zero-order valence-corrected chi connectivity index (χ0v) is 12.1. The molecule has 1 aliphatic carbocycles. The lowest BCUT2D eigenvalue weighted by Gasteiger charge is -2.24. The van der Waals surface area contributed by atoms with Crippen molar-refractivity contribution in [1.82, 2.24) is 20.8 Å². The molecule has 2 fully saturated rings. The summed E-state index contributed by atoms with van der Waals surface area (Å²) in [5.74, 6) is 1.94. The van der Waals surface area contributed by atoms with E-state index in [4.69, 9.17) is 4.74 Å². The molecule has 114 valence electrons. The molecule has 2 aliphatic rings. The number of hydrogen-bond donors (Lipinski definition) is 3. The normalized spacial score (nSPS) is 26.1. The molecule has 1 amide bonds. The van der Waals surface area contributed by atoms with Crippen molar-refractivity contribution in [3.63, 3.8) is 0 Å². The van der Waals surface area contributed by atoms with Crippen molar-refractivity contribution in [3.05, 3.63) is 42.1 Å². The lowest BCUT2D eigenvalue weighted by Crippen LogP contribution is -2.47. The smallest absolute Gasteiger partial charge is 0.251 e. The van der Waals surface area contributed by atoms with Gasteiger partial charge in [-0.05, 0) is 49.6 Å². The second-order valence-corrected chi connectivity index (χ2v) is 5.98. The van der Waals surface area contributed by atoms with Crippen LogP contribution in [-0.4, -0.2) is 34.7 Å². The quantitative estimate of drug-likeness (QED) is 0.802. The second-order valence-electron chi connectivity index (χ2n) is 5.98. The van der Waals surface area contributed by atoms with Crippen LogP contribution in [0.2, 0.25) is 0 Å². The highest BCUT2D eigenvalue weighted by Crippen LogP contribution is 2.31. The fourth-order valence-corrected chi connectivity index (χ4v) is 3.37. The third kappa shape index (κ3) is 2.57. The first-order chi connectivity index (χ1) is 10.8. The van der Waals surface area contributed by atoms with Crippen LogP contribution < -0.4 is 15.4 Å². The molecule has 6 heteroatoms. The van der Waals surface area contributed by atoms with Gasteiger partial charge in [0, 0.05) is 23.7 Å². The van der Waals surface area contributed by atoms with E-state index in [-0.39, 0.29) is 11.9 Å². The Morgan fingerprint density at radius 3 is 2.73 bits per heavy atom. The number of nitrogens with zero attached hydrogens (tertiary/aromatic N) is 1. The summed E-state index contributed by atoms with van der Waals surface area (Å²) in [4.78, 5) is 12.3. The molecule has 1 saturated carbocycles. The molecule has 0 spiro atoms. The van der Waals surface area contributed by atoms with E-state index >= 15 is 0 Å². The largest absolute Gasteiger partial charge is 0.440 e. The molecule has 1 aromatic heterocycles. The number of benzene rings is 1. The van der Waals surface area contributed by atoms with Gasteiger partial charge in [0.25, 0.3) is 5.91 Å². The first-order valence-corrected chi connectivity index (χ1v) is 7.59. The van der Waals surface area contributed by atoms with Gasteiger partial charge in [0.05, 0.1) is 6.20 Å². The number of hydrogen-bond acceptors (Lipinski definition) is 4. The molecular weight excluding hydrogens is 280 g/mol. The number of rotatable bonds is 4. The summed E-state index contributed by atoms with van der Waals surface area (Å²) in [5.41, 5.74) is 0.653. The maximum absolute atomic E-state index is 12.3. The molecule has 3 atom stereocenters. The van der Waals surface area contributed by atoms with Crippen molar-refractivity contribution in [2.45, 2.75) is 24.9 Å². The fraction of sp³-hybridized carbons (Fsp3) is 0.375. The Morgan fingerprint density at radius 1 is 1.23 bits per heavy atom. The first-order valence-electron chi connectivity index (χ1n) is 7.59. The summed E-state index contributed by atoms with van der Waals surface area (Å²) in [6, 6.07) is 9.57. The van der Waals surface area contributed by atoms with E-state index in [1.165, 1.54) is 6.42 Å². The maximum Gasteiger partial charge on any atom is 0.251 e. The summed E-state index contributed by atoms with van der Waals surface area (Å²) >= 11 is 0. The Hall–Kier alpha value is -2.34. The minimum absolute atomic E-state index is 0.0209. The number of aromatic nitrogens is 2. The molecule has 22 heavy (non-hydrogen) atoms. The zero-order chi connectivity index (χ0) is 14.9. The van der Waals surface area contributed by atoms with Crippen LogP contribution in [0.4, 0.5) is 0 Å². The number of carbonyl (C=O) groups is 1. The number of amides is 1. The predicted octanol–water partition coefficient (Wildman–Crippen LogP) is 1.68. The Bertz CT molecular complexity index is 653. The van der Waals surface area contributed by atoms with Crippen molar-refractivity contribution < 1.29 is 9.53 Å². The van der Waals surface area contributed by atoms with Crippen molar-refractivity contribution in [3.8, 4) is 11.6 Å². The molecule has 3 N–H and O–H groups in total. The highest BCUT2D eigenvalue weighted by atomic mass is 16.5. The van der Waals surface area contributed by atoms with Crippen LogP contribution in [0.5, 0.6) is 11.6 Å². The van der Waals surface area contributed by atoms with Crippen molar-refractivity contribution in [2.75, 3.05) is 6.54 Å². The number of ether oxygens (including phenoxy) is 1.